The molecule has 0 N–H and O–H groups in total. The van der Waals surface area contributed by atoms with Gasteiger partial charge in [0, 0.05) is 13.0 Å². The SMILES string of the molecule is COc1ccc(CCN2C(=O)CN(C(=O)CCC3CCCCC3)C2c2ccc(C(C)(C)C)cc2)cc1. The summed E-state index contributed by atoms with van der Waals surface area (Å²) in [6.45, 7) is 7.33. The summed E-state index contributed by atoms with van der Waals surface area (Å²) in [6, 6.07) is 16.5. The Morgan fingerprint density at radius 2 is 1.64 bits per heavy atom. The highest BCUT2D eigenvalue weighted by atomic mass is 16.5. The lowest BCUT2D eigenvalue weighted by molar-refractivity contribution is -0.134. The molecule has 4 rings (SSSR count). The predicted molar refractivity (Wildman–Crippen MR) is 144 cm³/mol. The highest BCUT2D eigenvalue weighted by Crippen LogP contribution is 2.34. The summed E-state index contributed by atoms with van der Waals surface area (Å²) >= 11 is 0. The number of nitrogens with zero attached hydrogens (tertiary/aromatic N) is 2. The van der Waals surface area contributed by atoms with Crippen molar-refractivity contribution >= 4 is 11.8 Å². The lowest BCUT2D eigenvalue weighted by atomic mass is 9.86. The van der Waals surface area contributed by atoms with E-state index in [4.69, 9.17) is 4.74 Å². The number of amides is 2. The number of carbonyl (C=O) groups excluding carboxylic acids is 2. The molecule has 2 amide bonds. The van der Waals surface area contributed by atoms with E-state index < -0.39 is 0 Å². The molecule has 0 radical (unpaired) electrons. The van der Waals surface area contributed by atoms with Gasteiger partial charge >= 0.3 is 0 Å². The molecule has 5 heteroatoms. The summed E-state index contributed by atoms with van der Waals surface area (Å²) < 4.78 is 5.27. The molecule has 0 spiro atoms. The van der Waals surface area contributed by atoms with E-state index in [1.54, 1.807) is 7.11 Å². The topological polar surface area (TPSA) is 49.9 Å². The van der Waals surface area contributed by atoms with Crippen LogP contribution in [0.25, 0.3) is 0 Å². The predicted octanol–water partition coefficient (Wildman–Crippen LogP) is 6.27. The standard InChI is InChI=1S/C31H42N2O3/c1-31(2,3)26-15-13-25(14-16-26)30-32(21-20-24-10-17-27(36-4)18-11-24)29(35)22-33(30)28(34)19-12-23-8-6-5-7-9-23/h10-11,13-18,23,30H,5-9,12,19-22H2,1-4H3. The zero-order chi connectivity index (χ0) is 25.7. The fourth-order valence-corrected chi connectivity index (χ4v) is 5.60. The van der Waals surface area contributed by atoms with E-state index in [2.05, 4.69) is 45.0 Å². The number of hydrogen-bond donors (Lipinski definition) is 0. The second-order valence-electron chi connectivity index (χ2n) is 11.5. The van der Waals surface area contributed by atoms with Crippen molar-refractivity contribution in [2.75, 3.05) is 20.2 Å². The van der Waals surface area contributed by atoms with Gasteiger partial charge in [0.2, 0.25) is 11.8 Å². The van der Waals surface area contributed by atoms with Gasteiger partial charge in [0.15, 0.2) is 0 Å². The molecule has 2 fully saturated rings. The third-order valence-corrected chi connectivity index (χ3v) is 7.90. The summed E-state index contributed by atoms with van der Waals surface area (Å²) in [4.78, 5) is 30.4. The molecule has 1 unspecified atom stereocenters. The molecule has 194 valence electrons. The van der Waals surface area contributed by atoms with Crippen LogP contribution in [0.1, 0.15) is 88.6 Å². The van der Waals surface area contributed by atoms with Crippen molar-refractivity contribution in [3.05, 3.63) is 65.2 Å². The second-order valence-corrected chi connectivity index (χ2v) is 11.5. The Balaban J connectivity index is 1.53. The Morgan fingerprint density at radius 1 is 0.972 bits per heavy atom. The summed E-state index contributed by atoms with van der Waals surface area (Å²) in [5.74, 6) is 1.60. The van der Waals surface area contributed by atoms with Crippen molar-refractivity contribution in [1.29, 1.82) is 0 Å². The molecule has 1 atom stereocenters. The molecule has 1 heterocycles. The van der Waals surface area contributed by atoms with Crippen molar-refractivity contribution in [3.63, 3.8) is 0 Å². The highest BCUT2D eigenvalue weighted by Gasteiger charge is 2.41. The molecular weight excluding hydrogens is 448 g/mol. The zero-order valence-corrected chi connectivity index (χ0v) is 22.5. The summed E-state index contributed by atoms with van der Waals surface area (Å²) in [5.41, 5.74) is 3.45. The van der Waals surface area contributed by atoms with Gasteiger partial charge in [0.1, 0.15) is 18.5 Å². The Morgan fingerprint density at radius 3 is 2.25 bits per heavy atom. The normalized spacial score (nSPS) is 19.1. The van der Waals surface area contributed by atoms with Crippen molar-refractivity contribution < 1.29 is 14.3 Å². The lowest BCUT2D eigenvalue weighted by Gasteiger charge is -2.31. The number of carbonyl (C=O) groups is 2. The molecular formula is C31H42N2O3. The third kappa shape index (κ3) is 6.29. The van der Waals surface area contributed by atoms with E-state index in [0.717, 1.165) is 29.7 Å². The molecule has 2 aromatic rings. The van der Waals surface area contributed by atoms with E-state index in [-0.39, 0.29) is 29.9 Å². The van der Waals surface area contributed by atoms with E-state index >= 15 is 0 Å². The van der Waals surface area contributed by atoms with Gasteiger partial charge in [0.05, 0.1) is 7.11 Å². The minimum absolute atomic E-state index is 0.0272. The van der Waals surface area contributed by atoms with Crippen molar-refractivity contribution in [2.45, 2.75) is 83.7 Å². The largest absolute Gasteiger partial charge is 0.497 e. The lowest BCUT2D eigenvalue weighted by Crippen LogP contribution is -2.36. The molecule has 1 aliphatic heterocycles. The van der Waals surface area contributed by atoms with Gasteiger partial charge in [-0.25, -0.2) is 0 Å². The van der Waals surface area contributed by atoms with Crippen LogP contribution >= 0.6 is 0 Å². The van der Waals surface area contributed by atoms with Crippen LogP contribution in [0.2, 0.25) is 0 Å². The van der Waals surface area contributed by atoms with Crippen LogP contribution in [0.5, 0.6) is 5.75 Å². The first-order valence-corrected chi connectivity index (χ1v) is 13.6. The van der Waals surface area contributed by atoms with Gasteiger partial charge in [-0.2, -0.15) is 0 Å². The van der Waals surface area contributed by atoms with Crippen LogP contribution in [-0.4, -0.2) is 41.8 Å². The first-order chi connectivity index (χ1) is 17.3. The number of hydrogen-bond acceptors (Lipinski definition) is 3. The first kappa shape index (κ1) is 26.2. The van der Waals surface area contributed by atoms with Gasteiger partial charge in [-0.3, -0.25) is 9.59 Å². The minimum atomic E-state index is -0.344. The van der Waals surface area contributed by atoms with Gasteiger partial charge in [-0.05, 0) is 53.0 Å². The van der Waals surface area contributed by atoms with Crippen LogP contribution in [0.3, 0.4) is 0 Å². The minimum Gasteiger partial charge on any atom is -0.497 e. The first-order valence-electron chi connectivity index (χ1n) is 13.6. The van der Waals surface area contributed by atoms with Gasteiger partial charge in [-0.1, -0.05) is 89.3 Å². The quantitative estimate of drug-likeness (QED) is 0.438. The van der Waals surface area contributed by atoms with Crippen LogP contribution < -0.4 is 4.74 Å². The number of benzene rings is 2. The average molecular weight is 491 g/mol. The summed E-state index contributed by atoms with van der Waals surface area (Å²) in [5, 5.41) is 0. The fourth-order valence-electron chi connectivity index (χ4n) is 5.60. The highest BCUT2D eigenvalue weighted by molar-refractivity contribution is 5.88. The Hall–Kier alpha value is -2.82. The maximum atomic E-state index is 13.5. The smallest absolute Gasteiger partial charge is 0.244 e. The van der Waals surface area contributed by atoms with E-state index in [1.165, 1.54) is 37.7 Å². The van der Waals surface area contributed by atoms with E-state index in [9.17, 15) is 9.59 Å². The third-order valence-electron chi connectivity index (χ3n) is 7.90. The average Bonchev–Trinajstić information content (AvgIpc) is 3.22. The van der Waals surface area contributed by atoms with Crippen LogP contribution in [-0.2, 0) is 21.4 Å². The number of methoxy groups -OCH3 is 1. The van der Waals surface area contributed by atoms with Crippen molar-refractivity contribution in [2.24, 2.45) is 5.92 Å². The Bertz CT molecular complexity index is 1020. The fraction of sp³-hybridized carbons (Fsp3) is 0.548. The molecule has 5 nitrogen and oxygen atoms in total. The van der Waals surface area contributed by atoms with Gasteiger partial charge in [0.25, 0.3) is 0 Å². The Labute approximate surface area is 216 Å². The van der Waals surface area contributed by atoms with Crippen LogP contribution in [0.4, 0.5) is 0 Å². The molecule has 36 heavy (non-hydrogen) atoms. The summed E-state index contributed by atoms with van der Waals surface area (Å²) in [7, 11) is 1.66. The monoisotopic (exact) mass is 490 g/mol. The van der Waals surface area contributed by atoms with Crippen LogP contribution in [0.15, 0.2) is 48.5 Å². The molecule has 1 saturated carbocycles. The van der Waals surface area contributed by atoms with Gasteiger partial charge < -0.3 is 14.5 Å². The molecule has 1 aliphatic carbocycles. The summed E-state index contributed by atoms with van der Waals surface area (Å²) in [6.07, 6.45) is 8.20. The zero-order valence-electron chi connectivity index (χ0n) is 22.5. The van der Waals surface area contributed by atoms with Crippen molar-refractivity contribution in [1.82, 2.24) is 9.80 Å². The number of ether oxygens (including phenoxy) is 1. The van der Waals surface area contributed by atoms with Gasteiger partial charge in [-0.15, -0.1) is 0 Å². The van der Waals surface area contributed by atoms with E-state index in [1.807, 2.05) is 34.1 Å². The maximum Gasteiger partial charge on any atom is 0.244 e. The molecule has 2 aromatic carbocycles. The molecule has 1 saturated heterocycles. The Kier molecular flexibility index (Phi) is 8.38. The maximum absolute atomic E-state index is 13.5. The molecule has 0 bridgehead atoms. The van der Waals surface area contributed by atoms with Crippen LogP contribution in [0, 0.1) is 5.92 Å². The van der Waals surface area contributed by atoms with E-state index in [0.29, 0.717) is 18.9 Å². The van der Waals surface area contributed by atoms with Crippen molar-refractivity contribution in [3.8, 4) is 5.75 Å². The second kappa shape index (κ2) is 11.5. The molecule has 2 aliphatic rings. The number of rotatable bonds is 8. The molecule has 0 aromatic heterocycles.